The predicted molar refractivity (Wildman–Crippen MR) is 120 cm³/mol. The number of aliphatic hydroxyl groups excluding tert-OH is 2. The van der Waals surface area contributed by atoms with Crippen LogP contribution in [0.3, 0.4) is 0 Å². The van der Waals surface area contributed by atoms with Crippen molar-refractivity contribution in [2.24, 2.45) is 0 Å². The van der Waals surface area contributed by atoms with Crippen molar-refractivity contribution in [2.45, 2.75) is 74.4 Å². The fourth-order valence-corrected chi connectivity index (χ4v) is 13.7. The van der Waals surface area contributed by atoms with Gasteiger partial charge in [-0.25, -0.2) is 0 Å². The molecule has 0 radical (unpaired) electrons. The summed E-state index contributed by atoms with van der Waals surface area (Å²) in [4.78, 5) is 21.2. The van der Waals surface area contributed by atoms with Crippen molar-refractivity contribution >= 4 is 37.1 Å². The number of carbonyl (C=O) groups is 2. The van der Waals surface area contributed by atoms with Crippen molar-refractivity contribution in [3.05, 3.63) is 0 Å². The molecule has 0 aliphatic rings. The van der Waals surface area contributed by atoms with Crippen LogP contribution >= 0.6 is 0 Å². The molecule has 0 aromatic carbocycles. The van der Waals surface area contributed by atoms with E-state index in [9.17, 15) is 19.8 Å². The lowest BCUT2D eigenvalue weighted by atomic mass is 10.4. The van der Waals surface area contributed by atoms with Crippen molar-refractivity contribution in [1.82, 2.24) is 0 Å². The smallest absolute Gasteiger partial charge is 0.317 e. The molecular formula is C17H44O8Si3. The van der Waals surface area contributed by atoms with Gasteiger partial charge in [0.1, 0.15) is 6.42 Å². The molecular weight excluding hydrogens is 416 g/mol. The molecule has 0 heterocycles. The van der Waals surface area contributed by atoms with Gasteiger partial charge in [0.05, 0.1) is 25.7 Å². The molecule has 0 saturated heterocycles. The molecule has 0 aliphatic heterocycles. The number of aliphatic hydroxyl groups is 2. The third-order valence-corrected chi connectivity index (χ3v) is 12.6. The molecule has 8 nitrogen and oxygen atoms in total. The zero-order chi connectivity index (χ0) is 21.0. The van der Waals surface area contributed by atoms with E-state index < -0.39 is 37.1 Å². The molecule has 0 aliphatic carbocycles. The number of ether oxygens (including phenoxy) is 2. The average Bonchev–Trinajstić information content (AvgIpc) is 2.46. The van der Waals surface area contributed by atoms with Crippen molar-refractivity contribution in [3.63, 3.8) is 0 Å². The maximum absolute atomic E-state index is 10.6. The molecule has 0 saturated carbocycles. The topological polar surface area (TPSA) is 112 Å². The van der Waals surface area contributed by atoms with Gasteiger partial charge in [0, 0.05) is 0 Å². The maximum atomic E-state index is 10.6. The molecule has 0 aromatic heterocycles. The quantitative estimate of drug-likeness (QED) is 0.291. The standard InChI is InChI=1S/C8H24O4Si3.C7H12O4.2CH4/c1-13(2,7-9)11-15(5,6)12-14(3,4)8-10;1-3-10-6(8)5-7(9)11-4-2;;/h9-10H,7-8H2,1-6H3;3-5H2,1-2H3;2*1H4. The highest BCUT2D eigenvalue weighted by atomic mass is 28.5. The minimum Gasteiger partial charge on any atom is -0.466 e. The number of carbonyl (C=O) groups excluding carboxylic acids is 2. The second-order valence-electron chi connectivity index (χ2n) is 7.23. The SMILES string of the molecule is C.C.CCOC(=O)CC(=O)OCC.C[Si](C)(CO)O[Si](C)(C)O[Si](C)(C)CO. The summed E-state index contributed by atoms with van der Waals surface area (Å²) in [6, 6.07) is 0. The molecule has 28 heavy (non-hydrogen) atoms. The molecule has 0 unspecified atom stereocenters. The fraction of sp³-hybridized carbons (Fsp3) is 0.882. The van der Waals surface area contributed by atoms with E-state index in [0.29, 0.717) is 0 Å². The summed E-state index contributed by atoms with van der Waals surface area (Å²) in [5.74, 6) is -1.07. The molecule has 0 bridgehead atoms. The van der Waals surface area contributed by atoms with Gasteiger partial charge < -0.3 is 27.9 Å². The monoisotopic (exact) mass is 460 g/mol. The average molecular weight is 461 g/mol. The summed E-state index contributed by atoms with van der Waals surface area (Å²) < 4.78 is 20.9. The van der Waals surface area contributed by atoms with E-state index in [-0.39, 0.29) is 46.9 Å². The van der Waals surface area contributed by atoms with Gasteiger partial charge in [-0.15, -0.1) is 0 Å². The van der Waals surface area contributed by atoms with Crippen LogP contribution in [0.4, 0.5) is 0 Å². The Labute approximate surface area is 175 Å². The van der Waals surface area contributed by atoms with E-state index in [1.165, 1.54) is 0 Å². The van der Waals surface area contributed by atoms with Crippen LogP contribution in [-0.2, 0) is 27.3 Å². The van der Waals surface area contributed by atoms with E-state index >= 15 is 0 Å². The van der Waals surface area contributed by atoms with Crippen LogP contribution < -0.4 is 0 Å². The lowest BCUT2D eigenvalue weighted by Crippen LogP contribution is -2.55. The first-order valence-corrected chi connectivity index (χ1v) is 17.7. The lowest BCUT2D eigenvalue weighted by molar-refractivity contribution is -0.153. The first-order chi connectivity index (χ1) is 11.7. The molecule has 172 valence electrons. The Bertz CT molecular complexity index is 393. The third kappa shape index (κ3) is 20.2. The minimum absolute atomic E-state index is 0. The first kappa shape index (κ1) is 34.9. The first-order valence-electron chi connectivity index (χ1n) is 8.67. The summed E-state index contributed by atoms with van der Waals surface area (Å²) in [7, 11) is -6.20. The van der Waals surface area contributed by atoms with Gasteiger partial charge in [0.25, 0.3) is 0 Å². The van der Waals surface area contributed by atoms with Crippen LogP contribution in [0.15, 0.2) is 0 Å². The van der Waals surface area contributed by atoms with Crippen LogP contribution in [0.2, 0.25) is 39.3 Å². The van der Waals surface area contributed by atoms with Crippen molar-refractivity contribution in [3.8, 4) is 0 Å². The molecule has 0 fully saturated rings. The molecule has 0 rings (SSSR count). The van der Waals surface area contributed by atoms with Gasteiger partial charge in [-0.3, -0.25) is 9.59 Å². The van der Waals surface area contributed by atoms with Gasteiger partial charge in [-0.2, -0.15) is 0 Å². The third-order valence-electron chi connectivity index (χ3n) is 2.71. The zero-order valence-electron chi connectivity index (χ0n) is 17.4. The predicted octanol–water partition coefficient (Wildman–Crippen LogP) is 2.97. The Morgan fingerprint density at radius 2 is 1.00 bits per heavy atom. The Hall–Kier alpha value is -0.569. The Morgan fingerprint density at radius 3 is 1.21 bits per heavy atom. The van der Waals surface area contributed by atoms with Gasteiger partial charge in [0.2, 0.25) is 16.6 Å². The number of hydrogen-bond donors (Lipinski definition) is 2. The highest BCUT2D eigenvalue weighted by Gasteiger charge is 2.39. The number of esters is 2. The normalized spacial score (nSPS) is 11.2. The summed E-state index contributed by atoms with van der Waals surface area (Å²) in [6.45, 7) is 15.8. The van der Waals surface area contributed by atoms with Gasteiger partial charge in [0.15, 0.2) is 0 Å². The highest BCUT2D eigenvalue weighted by molar-refractivity contribution is 6.87. The fourth-order valence-electron chi connectivity index (χ4n) is 1.96. The van der Waals surface area contributed by atoms with Gasteiger partial charge >= 0.3 is 20.5 Å². The van der Waals surface area contributed by atoms with Gasteiger partial charge in [-0.05, 0) is 53.1 Å². The molecule has 0 atom stereocenters. The number of rotatable bonds is 10. The number of hydrogen-bond acceptors (Lipinski definition) is 8. The Kier molecular flexibility index (Phi) is 20.3. The summed E-state index contributed by atoms with van der Waals surface area (Å²) >= 11 is 0. The second kappa shape index (κ2) is 16.3. The summed E-state index contributed by atoms with van der Waals surface area (Å²) in [6.07, 6.45) is -0.0799. The molecule has 2 N–H and O–H groups in total. The van der Waals surface area contributed by atoms with E-state index in [0.717, 1.165) is 0 Å². The van der Waals surface area contributed by atoms with Crippen LogP contribution in [0.5, 0.6) is 0 Å². The van der Waals surface area contributed by atoms with Crippen LogP contribution in [0.25, 0.3) is 0 Å². The Morgan fingerprint density at radius 1 is 0.714 bits per heavy atom. The van der Waals surface area contributed by atoms with Crippen molar-refractivity contribution in [2.75, 3.05) is 25.7 Å². The molecule has 0 aromatic rings. The zero-order valence-corrected chi connectivity index (χ0v) is 20.4. The Balaban J connectivity index is -0.000000200. The van der Waals surface area contributed by atoms with E-state index in [2.05, 4.69) is 9.47 Å². The maximum Gasteiger partial charge on any atom is 0.317 e. The molecule has 0 spiro atoms. The van der Waals surface area contributed by atoms with Crippen molar-refractivity contribution in [1.29, 1.82) is 0 Å². The summed E-state index contributed by atoms with van der Waals surface area (Å²) in [5.41, 5.74) is 0. The second-order valence-corrected chi connectivity index (χ2v) is 19.3. The van der Waals surface area contributed by atoms with E-state index in [1.807, 2.05) is 39.3 Å². The lowest BCUT2D eigenvalue weighted by Gasteiger charge is -2.37. The molecule has 0 amide bonds. The highest BCUT2D eigenvalue weighted by Crippen LogP contribution is 2.19. The molecule has 11 heteroatoms. The van der Waals surface area contributed by atoms with E-state index in [4.69, 9.17) is 8.23 Å². The van der Waals surface area contributed by atoms with Crippen LogP contribution in [-0.4, -0.2) is 73.0 Å². The van der Waals surface area contributed by atoms with E-state index in [1.54, 1.807) is 13.8 Å². The minimum atomic E-state index is -2.21. The van der Waals surface area contributed by atoms with Crippen molar-refractivity contribution < 1.29 is 37.5 Å². The van der Waals surface area contributed by atoms with Crippen LogP contribution in [0.1, 0.15) is 35.1 Å². The van der Waals surface area contributed by atoms with Gasteiger partial charge in [-0.1, -0.05) is 14.9 Å². The van der Waals surface area contributed by atoms with Crippen LogP contribution in [0, 0.1) is 0 Å². The summed E-state index contributed by atoms with van der Waals surface area (Å²) in [5, 5.41) is 18.4. The largest absolute Gasteiger partial charge is 0.466 e.